The van der Waals surface area contributed by atoms with Gasteiger partial charge in [-0.3, -0.25) is 0 Å². The molecule has 2 aromatic heterocycles. The van der Waals surface area contributed by atoms with E-state index in [1.54, 1.807) is 10.8 Å². The van der Waals surface area contributed by atoms with Crippen molar-refractivity contribution in [3.8, 4) is 0 Å². The fourth-order valence-electron chi connectivity index (χ4n) is 3.23. The summed E-state index contributed by atoms with van der Waals surface area (Å²) in [7, 11) is 0. The molecule has 7 heteroatoms. The molecule has 24 heavy (non-hydrogen) atoms. The first kappa shape index (κ1) is 14.9. The van der Waals surface area contributed by atoms with E-state index in [1.165, 1.54) is 12.1 Å². The van der Waals surface area contributed by atoms with Gasteiger partial charge in [0, 0.05) is 31.9 Å². The highest BCUT2D eigenvalue weighted by atomic mass is 19.1. The second-order valence-corrected chi connectivity index (χ2v) is 6.07. The molecule has 0 unspecified atom stereocenters. The van der Waals surface area contributed by atoms with Gasteiger partial charge >= 0.3 is 0 Å². The monoisotopic (exact) mass is 326 g/mol. The topological polar surface area (TPSA) is 49.6 Å². The van der Waals surface area contributed by atoms with Gasteiger partial charge < -0.3 is 9.80 Å². The van der Waals surface area contributed by atoms with Crippen LogP contribution in [0.2, 0.25) is 0 Å². The molecule has 1 aromatic carbocycles. The first-order valence-corrected chi connectivity index (χ1v) is 8.14. The number of hydrogen-bond donors (Lipinski definition) is 0. The Labute approximate surface area is 139 Å². The van der Waals surface area contributed by atoms with Crippen molar-refractivity contribution in [2.24, 2.45) is 0 Å². The zero-order chi connectivity index (χ0) is 16.5. The third-order valence-corrected chi connectivity index (χ3v) is 4.40. The van der Waals surface area contributed by atoms with Crippen LogP contribution in [0.15, 0.2) is 36.7 Å². The standard InChI is InChI=1S/C17H19FN6/c1-13-11-16(17-20-19-12-24(17)21-13)23-8-2-7-22(9-10-23)15-5-3-14(18)4-6-15/h3-6,11-12H,2,7-10H2,1H3. The predicted molar refractivity (Wildman–Crippen MR) is 91.0 cm³/mol. The maximum absolute atomic E-state index is 13.1. The van der Waals surface area contributed by atoms with E-state index in [4.69, 9.17) is 0 Å². The van der Waals surface area contributed by atoms with Crippen LogP contribution in [0, 0.1) is 12.7 Å². The minimum absolute atomic E-state index is 0.198. The van der Waals surface area contributed by atoms with Gasteiger partial charge in [0.15, 0.2) is 0 Å². The van der Waals surface area contributed by atoms with E-state index in [0.29, 0.717) is 0 Å². The van der Waals surface area contributed by atoms with Crippen LogP contribution in [-0.2, 0) is 0 Å². The Kier molecular flexibility index (Phi) is 3.76. The molecule has 0 spiro atoms. The fraction of sp³-hybridized carbons (Fsp3) is 0.353. The van der Waals surface area contributed by atoms with Crippen LogP contribution in [0.25, 0.3) is 5.65 Å². The highest BCUT2D eigenvalue weighted by molar-refractivity contribution is 5.68. The maximum Gasteiger partial charge on any atom is 0.200 e. The molecular formula is C17H19FN6. The summed E-state index contributed by atoms with van der Waals surface area (Å²) in [6.45, 7) is 5.64. The summed E-state index contributed by atoms with van der Waals surface area (Å²) in [5, 5.41) is 12.6. The van der Waals surface area contributed by atoms with Gasteiger partial charge in [0.05, 0.1) is 11.4 Å². The van der Waals surface area contributed by atoms with E-state index in [-0.39, 0.29) is 5.82 Å². The molecule has 0 radical (unpaired) electrons. The lowest BCUT2D eigenvalue weighted by atomic mass is 10.2. The average Bonchev–Trinajstić information content (AvgIpc) is 2.90. The molecule has 4 rings (SSSR count). The van der Waals surface area contributed by atoms with E-state index in [2.05, 4.69) is 31.2 Å². The first-order valence-electron chi connectivity index (χ1n) is 8.14. The number of rotatable bonds is 2. The number of fused-ring (bicyclic) bond motifs is 1. The van der Waals surface area contributed by atoms with Crippen LogP contribution in [0.1, 0.15) is 12.1 Å². The van der Waals surface area contributed by atoms with E-state index < -0.39 is 0 Å². The molecule has 0 N–H and O–H groups in total. The number of nitrogens with zero attached hydrogens (tertiary/aromatic N) is 6. The number of anilines is 2. The maximum atomic E-state index is 13.1. The fourth-order valence-corrected chi connectivity index (χ4v) is 3.23. The minimum atomic E-state index is -0.198. The highest BCUT2D eigenvalue weighted by Crippen LogP contribution is 2.23. The number of benzene rings is 1. The van der Waals surface area contributed by atoms with Gasteiger partial charge in [-0.15, -0.1) is 10.2 Å². The summed E-state index contributed by atoms with van der Waals surface area (Å²) < 4.78 is 14.9. The predicted octanol–water partition coefficient (Wildman–Crippen LogP) is 2.29. The van der Waals surface area contributed by atoms with Crippen molar-refractivity contribution in [2.75, 3.05) is 36.0 Å². The van der Waals surface area contributed by atoms with Gasteiger partial charge in [-0.25, -0.2) is 4.39 Å². The van der Waals surface area contributed by atoms with Crippen molar-refractivity contribution in [3.05, 3.63) is 48.2 Å². The molecule has 0 atom stereocenters. The van der Waals surface area contributed by atoms with Crippen LogP contribution in [0.5, 0.6) is 0 Å². The molecule has 0 saturated carbocycles. The molecular weight excluding hydrogens is 307 g/mol. The third kappa shape index (κ3) is 2.77. The Morgan fingerprint density at radius 1 is 1.00 bits per heavy atom. The van der Waals surface area contributed by atoms with Crippen molar-refractivity contribution in [1.82, 2.24) is 19.8 Å². The molecule has 1 saturated heterocycles. The summed E-state index contributed by atoms with van der Waals surface area (Å²) >= 11 is 0. The lowest BCUT2D eigenvalue weighted by Crippen LogP contribution is -2.31. The molecule has 3 aromatic rings. The second-order valence-electron chi connectivity index (χ2n) is 6.07. The Morgan fingerprint density at radius 2 is 1.75 bits per heavy atom. The summed E-state index contributed by atoms with van der Waals surface area (Å²) in [4.78, 5) is 4.64. The van der Waals surface area contributed by atoms with Gasteiger partial charge in [-0.2, -0.15) is 9.61 Å². The minimum Gasteiger partial charge on any atom is -0.370 e. The smallest absolute Gasteiger partial charge is 0.200 e. The van der Waals surface area contributed by atoms with E-state index in [0.717, 1.165) is 55.3 Å². The number of hydrogen-bond acceptors (Lipinski definition) is 5. The Bertz CT molecular complexity index is 844. The first-order chi connectivity index (χ1) is 11.7. The molecule has 0 aliphatic carbocycles. The molecule has 0 bridgehead atoms. The largest absolute Gasteiger partial charge is 0.370 e. The number of halogens is 1. The summed E-state index contributed by atoms with van der Waals surface area (Å²) in [6, 6.07) is 8.79. The van der Waals surface area contributed by atoms with Crippen molar-refractivity contribution in [1.29, 1.82) is 0 Å². The van der Waals surface area contributed by atoms with Gasteiger partial charge in [0.2, 0.25) is 5.65 Å². The molecule has 0 amide bonds. The van der Waals surface area contributed by atoms with Crippen molar-refractivity contribution >= 4 is 17.0 Å². The van der Waals surface area contributed by atoms with Gasteiger partial charge in [-0.05, 0) is 43.7 Å². The van der Waals surface area contributed by atoms with Crippen molar-refractivity contribution < 1.29 is 4.39 Å². The Morgan fingerprint density at radius 3 is 2.58 bits per heavy atom. The van der Waals surface area contributed by atoms with Crippen molar-refractivity contribution in [3.63, 3.8) is 0 Å². The van der Waals surface area contributed by atoms with Crippen molar-refractivity contribution in [2.45, 2.75) is 13.3 Å². The second kappa shape index (κ2) is 6.07. The average molecular weight is 326 g/mol. The zero-order valence-electron chi connectivity index (χ0n) is 13.6. The quantitative estimate of drug-likeness (QED) is 0.723. The Hall–Kier alpha value is -2.70. The third-order valence-electron chi connectivity index (χ3n) is 4.40. The van der Waals surface area contributed by atoms with Crippen LogP contribution in [-0.4, -0.2) is 46.0 Å². The lowest BCUT2D eigenvalue weighted by molar-refractivity contribution is 0.627. The highest BCUT2D eigenvalue weighted by Gasteiger charge is 2.19. The van der Waals surface area contributed by atoms with Crippen LogP contribution >= 0.6 is 0 Å². The molecule has 1 aliphatic rings. The number of aryl methyl sites for hydroxylation is 1. The van der Waals surface area contributed by atoms with Crippen LogP contribution in [0.3, 0.4) is 0 Å². The molecule has 1 fully saturated rings. The molecule has 1 aliphatic heterocycles. The summed E-state index contributed by atoms with van der Waals surface area (Å²) in [5.41, 5.74) is 3.87. The zero-order valence-corrected chi connectivity index (χ0v) is 13.6. The molecule has 3 heterocycles. The number of aromatic nitrogens is 4. The molecule has 124 valence electrons. The SMILES string of the molecule is Cc1cc(N2CCCN(c3ccc(F)cc3)CC2)c2nncn2n1. The summed E-state index contributed by atoms with van der Waals surface area (Å²) in [5.74, 6) is -0.198. The van der Waals surface area contributed by atoms with Crippen LogP contribution in [0.4, 0.5) is 15.8 Å². The van der Waals surface area contributed by atoms with Gasteiger partial charge in [-0.1, -0.05) is 0 Å². The normalized spacial score (nSPS) is 15.8. The van der Waals surface area contributed by atoms with Gasteiger partial charge in [0.1, 0.15) is 12.1 Å². The van der Waals surface area contributed by atoms with E-state index in [9.17, 15) is 4.39 Å². The Balaban J connectivity index is 1.58. The molecule has 6 nitrogen and oxygen atoms in total. The lowest BCUT2D eigenvalue weighted by Gasteiger charge is -2.25. The van der Waals surface area contributed by atoms with E-state index >= 15 is 0 Å². The van der Waals surface area contributed by atoms with Crippen LogP contribution < -0.4 is 9.80 Å². The van der Waals surface area contributed by atoms with Gasteiger partial charge in [0.25, 0.3) is 0 Å². The van der Waals surface area contributed by atoms with E-state index in [1.807, 2.05) is 19.1 Å². The summed E-state index contributed by atoms with van der Waals surface area (Å²) in [6.07, 6.45) is 2.66.